The van der Waals surface area contributed by atoms with Gasteiger partial charge in [-0.15, -0.1) is 0 Å². The van der Waals surface area contributed by atoms with Crippen LogP contribution in [-0.4, -0.2) is 18.3 Å². The molecule has 3 rings (SSSR count). The third kappa shape index (κ3) is 3.29. The van der Waals surface area contributed by atoms with Gasteiger partial charge in [-0.3, -0.25) is 0 Å². The first-order chi connectivity index (χ1) is 10.8. The molecule has 22 heavy (non-hydrogen) atoms. The molecule has 0 saturated heterocycles. The number of fused-ring (bicyclic) bond motifs is 1. The molecular weight excluding hydrogens is 272 g/mol. The predicted molar refractivity (Wildman–Crippen MR) is 90.4 cm³/mol. The molecule has 1 unspecified atom stereocenters. The average Bonchev–Trinajstić information content (AvgIpc) is 2.55. The van der Waals surface area contributed by atoms with E-state index in [1.807, 2.05) is 36.4 Å². The van der Waals surface area contributed by atoms with Gasteiger partial charge in [-0.1, -0.05) is 54.6 Å². The molecule has 0 radical (unpaired) electrons. The number of rotatable bonds is 5. The molecule has 1 N–H and O–H groups in total. The van der Waals surface area contributed by atoms with Crippen LogP contribution in [0.15, 0.2) is 66.7 Å². The van der Waals surface area contributed by atoms with Crippen LogP contribution >= 0.6 is 0 Å². The predicted octanol–water partition coefficient (Wildman–Crippen LogP) is 3.99. The lowest BCUT2D eigenvalue weighted by Gasteiger charge is -2.13. The highest BCUT2D eigenvalue weighted by atomic mass is 16.5. The van der Waals surface area contributed by atoms with E-state index < -0.39 is 0 Å². The minimum atomic E-state index is -0.390. The van der Waals surface area contributed by atoms with Crippen molar-refractivity contribution in [2.45, 2.75) is 18.9 Å². The van der Waals surface area contributed by atoms with Gasteiger partial charge in [0.1, 0.15) is 5.75 Å². The molecule has 0 aliphatic heterocycles. The van der Waals surface area contributed by atoms with E-state index in [1.54, 1.807) is 7.11 Å². The third-order valence-corrected chi connectivity index (χ3v) is 3.95. The smallest absolute Gasteiger partial charge is 0.119 e. The van der Waals surface area contributed by atoms with Gasteiger partial charge in [0.15, 0.2) is 0 Å². The van der Waals surface area contributed by atoms with Crippen LogP contribution in [0.1, 0.15) is 11.1 Å². The van der Waals surface area contributed by atoms with Crippen LogP contribution in [0.4, 0.5) is 0 Å². The molecule has 0 heterocycles. The maximum absolute atomic E-state index is 10.4. The van der Waals surface area contributed by atoms with Crippen LogP contribution in [-0.2, 0) is 12.8 Å². The molecule has 2 heteroatoms. The Kier molecular flexibility index (Phi) is 4.40. The summed E-state index contributed by atoms with van der Waals surface area (Å²) in [5.74, 6) is 0.845. The second kappa shape index (κ2) is 6.63. The van der Waals surface area contributed by atoms with Crippen LogP contribution in [0, 0.1) is 0 Å². The molecule has 3 aromatic rings. The van der Waals surface area contributed by atoms with Crippen LogP contribution < -0.4 is 4.74 Å². The number of ether oxygens (including phenoxy) is 1. The Bertz CT molecular complexity index is 750. The summed E-state index contributed by atoms with van der Waals surface area (Å²) in [7, 11) is 1.67. The molecule has 0 fully saturated rings. The summed E-state index contributed by atoms with van der Waals surface area (Å²) in [4.78, 5) is 0. The normalized spacial score (nSPS) is 12.3. The van der Waals surface area contributed by atoms with E-state index in [2.05, 4.69) is 30.3 Å². The van der Waals surface area contributed by atoms with E-state index in [4.69, 9.17) is 4.74 Å². The lowest BCUT2D eigenvalue weighted by atomic mass is 9.97. The zero-order valence-corrected chi connectivity index (χ0v) is 12.7. The lowest BCUT2D eigenvalue weighted by molar-refractivity contribution is 0.176. The molecule has 0 aliphatic carbocycles. The zero-order chi connectivity index (χ0) is 15.4. The lowest BCUT2D eigenvalue weighted by Crippen LogP contribution is -2.14. The highest BCUT2D eigenvalue weighted by Crippen LogP contribution is 2.25. The first-order valence-electron chi connectivity index (χ1n) is 7.54. The van der Waals surface area contributed by atoms with Crippen LogP contribution in [0.25, 0.3) is 10.8 Å². The SMILES string of the molecule is COc1ccc2cccc(CC(O)Cc3ccccc3)c2c1. The van der Waals surface area contributed by atoms with Crippen molar-refractivity contribution in [2.24, 2.45) is 0 Å². The summed E-state index contributed by atoms with van der Waals surface area (Å²) in [5.41, 5.74) is 2.31. The van der Waals surface area contributed by atoms with Gasteiger partial charge in [-0.05, 0) is 46.9 Å². The van der Waals surface area contributed by atoms with Gasteiger partial charge >= 0.3 is 0 Å². The molecule has 1 atom stereocenters. The molecule has 0 saturated carbocycles. The third-order valence-electron chi connectivity index (χ3n) is 3.95. The first-order valence-corrected chi connectivity index (χ1v) is 7.54. The van der Waals surface area contributed by atoms with Crippen molar-refractivity contribution in [1.29, 1.82) is 0 Å². The summed E-state index contributed by atoms with van der Waals surface area (Å²) in [6.07, 6.45) is 0.917. The second-order valence-electron chi connectivity index (χ2n) is 5.55. The Balaban J connectivity index is 1.83. The van der Waals surface area contributed by atoms with Gasteiger partial charge in [0.25, 0.3) is 0 Å². The van der Waals surface area contributed by atoms with Crippen LogP contribution in [0.5, 0.6) is 5.75 Å². The molecule has 0 bridgehead atoms. The van der Waals surface area contributed by atoms with Crippen molar-refractivity contribution in [1.82, 2.24) is 0 Å². The van der Waals surface area contributed by atoms with Gasteiger partial charge < -0.3 is 9.84 Å². The minimum Gasteiger partial charge on any atom is -0.497 e. The van der Waals surface area contributed by atoms with Crippen molar-refractivity contribution in [3.63, 3.8) is 0 Å². The summed E-state index contributed by atoms with van der Waals surface area (Å²) < 4.78 is 5.32. The molecule has 0 spiro atoms. The second-order valence-corrected chi connectivity index (χ2v) is 5.55. The molecule has 2 nitrogen and oxygen atoms in total. The van der Waals surface area contributed by atoms with Crippen molar-refractivity contribution in [2.75, 3.05) is 7.11 Å². The van der Waals surface area contributed by atoms with Crippen LogP contribution in [0.2, 0.25) is 0 Å². The van der Waals surface area contributed by atoms with Gasteiger partial charge in [0, 0.05) is 0 Å². The molecule has 112 valence electrons. The zero-order valence-electron chi connectivity index (χ0n) is 12.7. The first kappa shape index (κ1) is 14.6. The fourth-order valence-corrected chi connectivity index (χ4v) is 2.83. The summed E-state index contributed by atoms with van der Waals surface area (Å²) >= 11 is 0. The fourth-order valence-electron chi connectivity index (χ4n) is 2.83. The van der Waals surface area contributed by atoms with Gasteiger partial charge in [0.2, 0.25) is 0 Å². The molecule has 3 aromatic carbocycles. The maximum Gasteiger partial charge on any atom is 0.119 e. The Morgan fingerprint density at radius 2 is 1.73 bits per heavy atom. The van der Waals surface area contributed by atoms with Crippen molar-refractivity contribution >= 4 is 10.8 Å². The van der Waals surface area contributed by atoms with E-state index in [0.29, 0.717) is 12.8 Å². The summed E-state index contributed by atoms with van der Waals surface area (Å²) in [6, 6.07) is 22.4. The highest BCUT2D eigenvalue weighted by Gasteiger charge is 2.10. The van der Waals surface area contributed by atoms with Crippen molar-refractivity contribution in [3.8, 4) is 5.75 Å². The quantitative estimate of drug-likeness (QED) is 0.770. The van der Waals surface area contributed by atoms with Crippen LogP contribution in [0.3, 0.4) is 0 Å². The Hall–Kier alpha value is -2.32. The monoisotopic (exact) mass is 292 g/mol. The standard InChI is InChI=1S/C20H20O2/c1-22-19-11-10-16-8-5-9-17(20(16)14-19)13-18(21)12-15-6-3-2-4-7-15/h2-11,14,18,21H,12-13H2,1H3. The van der Waals surface area contributed by atoms with E-state index in [1.165, 1.54) is 5.39 Å². The molecule has 0 aromatic heterocycles. The number of aliphatic hydroxyl groups excluding tert-OH is 1. The number of hydrogen-bond acceptors (Lipinski definition) is 2. The van der Waals surface area contributed by atoms with E-state index in [9.17, 15) is 5.11 Å². The average molecular weight is 292 g/mol. The van der Waals surface area contributed by atoms with Gasteiger partial charge in [-0.2, -0.15) is 0 Å². The van der Waals surface area contributed by atoms with Crippen molar-refractivity contribution < 1.29 is 9.84 Å². The number of benzene rings is 3. The van der Waals surface area contributed by atoms with Crippen molar-refractivity contribution in [3.05, 3.63) is 77.9 Å². The van der Waals surface area contributed by atoms with E-state index in [-0.39, 0.29) is 6.10 Å². The molecular formula is C20H20O2. The fraction of sp³-hybridized carbons (Fsp3) is 0.200. The topological polar surface area (TPSA) is 29.5 Å². The Morgan fingerprint density at radius 3 is 2.50 bits per heavy atom. The number of hydrogen-bond donors (Lipinski definition) is 1. The molecule has 0 amide bonds. The summed E-state index contributed by atoms with van der Waals surface area (Å²) in [5, 5.41) is 12.7. The maximum atomic E-state index is 10.4. The Labute approximate surface area is 131 Å². The van der Waals surface area contributed by atoms with Gasteiger partial charge in [0.05, 0.1) is 13.2 Å². The minimum absolute atomic E-state index is 0.390. The highest BCUT2D eigenvalue weighted by molar-refractivity contribution is 5.87. The number of aliphatic hydroxyl groups is 1. The van der Waals surface area contributed by atoms with Gasteiger partial charge in [-0.25, -0.2) is 0 Å². The van der Waals surface area contributed by atoms with E-state index in [0.717, 1.165) is 22.3 Å². The van der Waals surface area contributed by atoms with E-state index >= 15 is 0 Å². The number of methoxy groups -OCH3 is 1. The Morgan fingerprint density at radius 1 is 0.909 bits per heavy atom. The largest absolute Gasteiger partial charge is 0.497 e. The molecule has 0 aliphatic rings. The summed E-state index contributed by atoms with van der Waals surface area (Å²) in [6.45, 7) is 0.